The van der Waals surface area contributed by atoms with Crippen molar-refractivity contribution >= 4 is 30.4 Å². The molecule has 4 aliphatic carbocycles. The van der Waals surface area contributed by atoms with Crippen molar-refractivity contribution in [1.29, 1.82) is 0 Å². The molecule has 0 saturated heterocycles. The van der Waals surface area contributed by atoms with Gasteiger partial charge in [0, 0.05) is 18.4 Å². The largest absolute Gasteiger partial charge is 0.481 e. The van der Waals surface area contributed by atoms with E-state index in [2.05, 4.69) is 105 Å². The van der Waals surface area contributed by atoms with Crippen LogP contribution in [-0.4, -0.2) is 35.5 Å². The Balaban J connectivity index is 0.00000301. The molecule has 8 atom stereocenters. The maximum Gasteiger partial charge on any atom is 0.309 e. The molecule has 362 valence electrons. The summed E-state index contributed by atoms with van der Waals surface area (Å²) in [6, 6.07) is 6.68. The Labute approximate surface area is 397 Å². The standard InChI is InChI=1S/C45H68FNO5.C3H6S.2C2H6.2C2H2/c1-29(2)30(3)33(48)25-45(23-24-47-27-31-11-13-32(46)14-12-31)22-17-35-42(8,28-45)19-15-36-43(9)21-18-37(52-38(49)26-40(4,5)39(50)51)41(6,7)34(43)16-20-44(35,36)10;1-3(2)4;4*1-2/h11-14,29,34-37,47H,3,15-28H2,1-2,4-10H3,(H,50,51);4H,1H2,2H3;2*1-2H3;2*1-2H/t34?,35?,36-,37?,42-,43?,44?,45?;;;;;/m1...../s1. The molecule has 0 heterocycles. The summed E-state index contributed by atoms with van der Waals surface area (Å²) >= 11 is 3.77. The van der Waals surface area contributed by atoms with E-state index in [1.807, 2.05) is 46.8 Å². The van der Waals surface area contributed by atoms with Gasteiger partial charge in [-0.25, -0.2) is 4.39 Å². The lowest BCUT2D eigenvalue weighted by Gasteiger charge is -2.70. The van der Waals surface area contributed by atoms with Crippen molar-refractivity contribution in [3.63, 3.8) is 0 Å². The molecule has 4 aliphatic rings. The van der Waals surface area contributed by atoms with Crippen molar-refractivity contribution < 1.29 is 28.6 Å². The van der Waals surface area contributed by atoms with E-state index in [1.54, 1.807) is 13.8 Å². The van der Waals surface area contributed by atoms with Gasteiger partial charge in [-0.2, -0.15) is 0 Å². The Morgan fingerprint density at radius 2 is 1.34 bits per heavy atom. The topological polar surface area (TPSA) is 92.7 Å². The Bertz CT molecular complexity index is 1700. The third-order valence-corrected chi connectivity index (χ3v) is 15.5. The fourth-order valence-electron chi connectivity index (χ4n) is 12.6. The van der Waals surface area contributed by atoms with Crippen LogP contribution >= 0.6 is 12.6 Å². The van der Waals surface area contributed by atoms with Gasteiger partial charge < -0.3 is 15.2 Å². The van der Waals surface area contributed by atoms with Crippen molar-refractivity contribution in [2.24, 2.45) is 56.2 Å². The molecule has 1 aromatic rings. The third-order valence-electron chi connectivity index (χ3n) is 15.5. The summed E-state index contributed by atoms with van der Waals surface area (Å²) in [6.45, 7) is 38.5. The molecule has 6 unspecified atom stereocenters. The van der Waals surface area contributed by atoms with E-state index < -0.39 is 17.4 Å². The van der Waals surface area contributed by atoms with Crippen LogP contribution in [0.1, 0.15) is 180 Å². The number of hydrogen-bond acceptors (Lipinski definition) is 6. The number of Topliss-reactive ketones (excluding diaryl/α,β-unsaturated/α-hetero) is 1. The molecule has 64 heavy (non-hydrogen) atoms. The van der Waals surface area contributed by atoms with Gasteiger partial charge in [0.2, 0.25) is 0 Å². The van der Waals surface area contributed by atoms with Gasteiger partial charge >= 0.3 is 11.9 Å². The first-order valence-corrected chi connectivity index (χ1v) is 24.4. The van der Waals surface area contributed by atoms with Crippen molar-refractivity contribution in [3.8, 4) is 25.7 Å². The van der Waals surface area contributed by atoms with Crippen LogP contribution < -0.4 is 5.32 Å². The van der Waals surface area contributed by atoms with Gasteiger partial charge in [-0.15, -0.1) is 38.3 Å². The van der Waals surface area contributed by atoms with Crippen LogP contribution in [0, 0.1) is 87.7 Å². The Morgan fingerprint density at radius 3 is 1.86 bits per heavy atom. The quantitative estimate of drug-likeness (QED) is 0.0600. The smallest absolute Gasteiger partial charge is 0.309 e. The molecule has 4 saturated carbocycles. The van der Waals surface area contributed by atoms with Crippen molar-refractivity contribution in [3.05, 3.63) is 59.3 Å². The van der Waals surface area contributed by atoms with E-state index in [4.69, 9.17) is 4.74 Å². The number of hydrogen-bond donors (Lipinski definition) is 3. The van der Waals surface area contributed by atoms with Crippen LogP contribution in [0.3, 0.4) is 0 Å². The molecule has 0 bridgehead atoms. The molecule has 0 spiro atoms. The van der Waals surface area contributed by atoms with E-state index in [0.29, 0.717) is 30.7 Å². The normalized spacial score (nSPS) is 29.5. The third kappa shape index (κ3) is 14.8. The van der Waals surface area contributed by atoms with Gasteiger partial charge in [-0.1, -0.05) is 101 Å². The lowest BCUT2D eigenvalue weighted by molar-refractivity contribution is -0.230. The first-order chi connectivity index (χ1) is 29.8. The number of carboxylic acids is 1. The summed E-state index contributed by atoms with van der Waals surface area (Å²) < 4.78 is 19.6. The van der Waals surface area contributed by atoms with Crippen LogP contribution in [0.4, 0.5) is 4.39 Å². The first-order valence-electron chi connectivity index (χ1n) is 23.9. The average Bonchev–Trinajstić information content (AvgIpc) is 3.23. The van der Waals surface area contributed by atoms with Gasteiger partial charge in [0.15, 0.2) is 5.78 Å². The monoisotopic (exact) mass is 908 g/mol. The number of halogens is 1. The van der Waals surface area contributed by atoms with Crippen LogP contribution in [-0.2, 0) is 25.7 Å². The Kier molecular flexibility index (Phi) is 24.8. The number of rotatable bonds is 13. The number of carbonyl (C=O) groups is 3. The lowest BCUT2D eigenvalue weighted by atomic mass is 9.34. The minimum Gasteiger partial charge on any atom is -0.481 e. The SMILES string of the molecule is C#C.C#C.C=C(C(=O)CC1(CCNCc2ccc(F)cc2)CCC2C3(C)CCC4C(C)(C)C(OC(=O)CC(C)(C)C(=O)O)CCC4(C)[C@H]3CC[C@]2(C)C1)C(C)C.C=C(C)S.CC.CC. The van der Waals surface area contributed by atoms with Gasteiger partial charge in [-0.05, 0) is 165 Å². The van der Waals surface area contributed by atoms with E-state index in [9.17, 15) is 23.9 Å². The molecule has 0 aromatic heterocycles. The molecule has 0 radical (unpaired) electrons. The molecule has 5 rings (SSSR count). The maximum absolute atomic E-state index is 13.7. The fourth-order valence-corrected chi connectivity index (χ4v) is 12.6. The zero-order chi connectivity index (χ0) is 50.1. The number of aliphatic carboxylic acids is 1. The summed E-state index contributed by atoms with van der Waals surface area (Å²) in [6.07, 6.45) is 26.8. The molecule has 0 amide bonds. The Hall–Kier alpha value is -3.33. The summed E-state index contributed by atoms with van der Waals surface area (Å²) in [7, 11) is 0. The molecule has 8 heteroatoms. The predicted octanol–water partition coefficient (Wildman–Crippen LogP) is 14.3. The van der Waals surface area contributed by atoms with Crippen molar-refractivity contribution in [2.75, 3.05) is 6.54 Å². The van der Waals surface area contributed by atoms with Crippen LogP contribution in [0.2, 0.25) is 0 Å². The molecule has 1 aromatic carbocycles. The number of carbonyl (C=O) groups excluding carboxylic acids is 2. The zero-order valence-electron chi connectivity index (χ0n) is 42.7. The Morgan fingerprint density at radius 1 is 0.859 bits per heavy atom. The van der Waals surface area contributed by atoms with E-state index in [-0.39, 0.29) is 57.1 Å². The fraction of sp³-hybridized carbons (Fsp3) is 0.696. The highest BCUT2D eigenvalue weighted by Crippen LogP contribution is 2.74. The number of thiol groups is 1. The van der Waals surface area contributed by atoms with Crippen LogP contribution in [0.25, 0.3) is 0 Å². The lowest BCUT2D eigenvalue weighted by Crippen LogP contribution is -2.64. The number of fused-ring (bicyclic) bond motifs is 5. The first kappa shape index (κ1) is 60.7. The van der Waals surface area contributed by atoms with Gasteiger partial charge in [0.1, 0.15) is 11.9 Å². The zero-order valence-corrected chi connectivity index (χ0v) is 43.6. The highest BCUT2D eigenvalue weighted by atomic mass is 32.1. The molecule has 6 nitrogen and oxygen atoms in total. The predicted molar refractivity (Wildman–Crippen MR) is 271 cm³/mol. The number of nitrogens with one attached hydrogen (secondary N) is 1. The van der Waals surface area contributed by atoms with Crippen LogP contribution in [0.15, 0.2) is 47.9 Å². The van der Waals surface area contributed by atoms with E-state index in [1.165, 1.54) is 18.6 Å². The highest BCUT2D eigenvalue weighted by Gasteiger charge is 2.67. The average molecular weight is 908 g/mol. The number of carboxylic acid groups (broad SMARTS) is 1. The summed E-state index contributed by atoms with van der Waals surface area (Å²) in [5.74, 6) is 0.307. The molecule has 0 aliphatic heterocycles. The summed E-state index contributed by atoms with van der Waals surface area (Å²) in [4.78, 5) is 39.4. The molecular weight excluding hydrogens is 818 g/mol. The number of esters is 1. The number of allylic oxidation sites excluding steroid dienone is 2. The minimum atomic E-state index is -1.15. The van der Waals surface area contributed by atoms with E-state index in [0.717, 1.165) is 80.4 Å². The number of terminal acetylenes is 2. The second kappa shape index (κ2) is 26.1. The van der Waals surface area contributed by atoms with E-state index >= 15 is 0 Å². The maximum atomic E-state index is 13.7. The van der Waals surface area contributed by atoms with Crippen molar-refractivity contribution in [2.45, 2.75) is 187 Å². The second-order valence-corrected chi connectivity index (χ2v) is 21.7. The number of ketones is 1. The minimum absolute atomic E-state index is 0.0839. The van der Waals surface area contributed by atoms with Gasteiger partial charge in [0.05, 0.1) is 11.8 Å². The van der Waals surface area contributed by atoms with Gasteiger partial charge in [0.25, 0.3) is 0 Å². The second-order valence-electron chi connectivity index (χ2n) is 20.9. The molecule has 2 N–H and O–H groups in total. The summed E-state index contributed by atoms with van der Waals surface area (Å²) in [5, 5.41) is 13.2. The number of ether oxygens (including phenoxy) is 1. The van der Waals surface area contributed by atoms with Gasteiger partial charge in [-0.3, -0.25) is 14.4 Å². The summed E-state index contributed by atoms with van der Waals surface area (Å²) in [5.41, 5.74) is 0.819. The molecule has 4 fully saturated rings. The highest BCUT2D eigenvalue weighted by molar-refractivity contribution is 7.84. The van der Waals surface area contributed by atoms with Crippen molar-refractivity contribution in [1.82, 2.24) is 5.32 Å². The molecular formula is C56H90FNO5S. The number of benzene rings is 1. The van der Waals surface area contributed by atoms with Crippen LogP contribution in [0.5, 0.6) is 0 Å².